The predicted molar refractivity (Wildman–Crippen MR) is 154 cm³/mol. The molecule has 208 valence electrons. The summed E-state index contributed by atoms with van der Waals surface area (Å²) in [5.74, 6) is 2.18. The van der Waals surface area contributed by atoms with E-state index < -0.39 is 5.60 Å². The monoisotopic (exact) mass is 537 g/mol. The standard InChI is InChI=1S/C35H39NO4/c1-38-35-14-13-33(18-26(35)21-39-20-25-7-4-6-23-5-2-3-8-27(23)25)29-17-24-11-12-28(37)31-30(24)34(33,32(35)40-31)15-16-36(29)19-22-9-10-22/h2-8,11-12,22,26,29,32,37H,9-10,13-21H2,1H3/t26-,29-,32-,33?,34?,35-/m1/s1. The number of piperidine rings is 1. The van der Waals surface area contributed by atoms with Crippen molar-refractivity contribution in [3.05, 3.63) is 71.3 Å². The lowest BCUT2D eigenvalue weighted by Gasteiger charge is -2.74. The number of hydrogen-bond acceptors (Lipinski definition) is 5. The van der Waals surface area contributed by atoms with E-state index in [4.69, 9.17) is 14.2 Å². The lowest BCUT2D eigenvalue weighted by atomic mass is 9.35. The Morgan fingerprint density at radius 2 is 1.90 bits per heavy atom. The van der Waals surface area contributed by atoms with E-state index >= 15 is 0 Å². The van der Waals surface area contributed by atoms with Gasteiger partial charge < -0.3 is 19.3 Å². The van der Waals surface area contributed by atoms with Crippen LogP contribution >= 0.6 is 0 Å². The summed E-state index contributed by atoms with van der Waals surface area (Å²) in [5.41, 5.74) is 3.60. The van der Waals surface area contributed by atoms with Gasteiger partial charge in [0.1, 0.15) is 11.7 Å². The molecule has 4 saturated carbocycles. The van der Waals surface area contributed by atoms with Crippen molar-refractivity contribution in [2.75, 3.05) is 26.8 Å². The molecule has 40 heavy (non-hydrogen) atoms. The summed E-state index contributed by atoms with van der Waals surface area (Å²) in [6.07, 6.45) is 8.13. The van der Waals surface area contributed by atoms with Gasteiger partial charge in [-0.05, 0) is 85.4 Å². The maximum atomic E-state index is 11.1. The SMILES string of the molecule is CO[C@]12CCC3(C[C@@H]1COCc1cccc4ccccc14)[C@H]1Cc4ccc(O)c5c4C3(CCN1CC1CC1)[C@H]2O5. The first-order valence-corrected chi connectivity index (χ1v) is 15.5. The van der Waals surface area contributed by atoms with Gasteiger partial charge >= 0.3 is 0 Å². The molecule has 1 N–H and O–H groups in total. The summed E-state index contributed by atoms with van der Waals surface area (Å²) in [4.78, 5) is 2.87. The number of fused-ring (bicyclic) bond motifs is 3. The summed E-state index contributed by atoms with van der Waals surface area (Å²) in [7, 11) is 1.89. The van der Waals surface area contributed by atoms with E-state index in [2.05, 4.69) is 53.4 Å². The first kappa shape index (κ1) is 24.0. The number of benzene rings is 3. The first-order valence-electron chi connectivity index (χ1n) is 15.5. The van der Waals surface area contributed by atoms with Gasteiger partial charge in [0.15, 0.2) is 11.5 Å². The summed E-state index contributed by atoms with van der Waals surface area (Å²) >= 11 is 0. The number of nitrogens with zero attached hydrogens (tertiary/aromatic N) is 1. The topological polar surface area (TPSA) is 51.2 Å². The highest BCUT2D eigenvalue weighted by molar-refractivity contribution is 5.85. The van der Waals surface area contributed by atoms with Gasteiger partial charge in [-0.15, -0.1) is 0 Å². The Morgan fingerprint density at radius 3 is 2.77 bits per heavy atom. The minimum Gasteiger partial charge on any atom is -0.504 e. The van der Waals surface area contributed by atoms with Crippen LogP contribution in [0.3, 0.4) is 0 Å². The van der Waals surface area contributed by atoms with Gasteiger partial charge in [0.2, 0.25) is 0 Å². The van der Waals surface area contributed by atoms with Crippen LogP contribution in [0.1, 0.15) is 55.2 Å². The molecule has 5 aliphatic carbocycles. The van der Waals surface area contributed by atoms with Crippen LogP contribution in [0.15, 0.2) is 54.6 Å². The van der Waals surface area contributed by atoms with Crippen LogP contribution in [0.5, 0.6) is 11.5 Å². The second-order valence-electron chi connectivity index (χ2n) is 13.7. The highest BCUT2D eigenvalue weighted by Crippen LogP contribution is 2.76. The molecule has 10 rings (SSSR count). The fourth-order valence-electron chi connectivity index (χ4n) is 10.5. The lowest BCUT2D eigenvalue weighted by molar-refractivity contribution is -0.283. The number of hydrogen-bond donors (Lipinski definition) is 1. The highest BCUT2D eigenvalue weighted by Gasteiger charge is 2.80. The number of ether oxygens (including phenoxy) is 3. The molecule has 5 fully saturated rings. The Morgan fingerprint density at radius 1 is 1.02 bits per heavy atom. The molecular weight excluding hydrogens is 498 g/mol. The summed E-state index contributed by atoms with van der Waals surface area (Å²) in [6.45, 7) is 3.63. The third-order valence-corrected chi connectivity index (χ3v) is 12.3. The third-order valence-electron chi connectivity index (χ3n) is 12.3. The zero-order valence-corrected chi connectivity index (χ0v) is 23.4. The van der Waals surface area contributed by atoms with Crippen LogP contribution < -0.4 is 4.74 Å². The van der Waals surface area contributed by atoms with Crippen molar-refractivity contribution in [2.45, 2.75) is 74.7 Å². The average molecular weight is 538 g/mol. The zero-order valence-electron chi connectivity index (χ0n) is 23.4. The molecule has 2 heterocycles. The van der Waals surface area contributed by atoms with Crippen LogP contribution in [-0.4, -0.2) is 54.6 Å². The Bertz CT molecular complexity index is 1510. The Balaban J connectivity index is 1.10. The number of likely N-dealkylation sites (tertiary alicyclic amines) is 1. The largest absolute Gasteiger partial charge is 0.504 e. The van der Waals surface area contributed by atoms with Gasteiger partial charge in [0.05, 0.1) is 13.2 Å². The smallest absolute Gasteiger partial charge is 0.165 e. The third kappa shape index (κ3) is 2.89. The minimum atomic E-state index is -0.413. The molecule has 2 aliphatic heterocycles. The van der Waals surface area contributed by atoms with Crippen LogP contribution in [0.2, 0.25) is 0 Å². The van der Waals surface area contributed by atoms with Gasteiger partial charge in [0, 0.05) is 42.0 Å². The number of methoxy groups -OCH3 is 1. The van der Waals surface area contributed by atoms with Crippen molar-refractivity contribution in [3.8, 4) is 11.5 Å². The van der Waals surface area contributed by atoms with Gasteiger partial charge in [0.25, 0.3) is 0 Å². The average Bonchev–Trinajstić information content (AvgIpc) is 3.72. The maximum absolute atomic E-state index is 11.1. The number of phenolic OH excluding ortho intramolecular Hbond substituents is 1. The Hall–Kier alpha value is -2.60. The molecule has 3 aromatic rings. The van der Waals surface area contributed by atoms with Crippen LogP contribution in [0, 0.1) is 17.3 Å². The molecule has 7 aliphatic rings. The molecule has 5 heteroatoms. The summed E-state index contributed by atoms with van der Waals surface area (Å²) in [6, 6.07) is 19.6. The van der Waals surface area contributed by atoms with Gasteiger partial charge in [-0.25, -0.2) is 0 Å². The van der Waals surface area contributed by atoms with E-state index in [0.717, 1.165) is 43.9 Å². The first-order chi connectivity index (χ1) is 19.6. The minimum absolute atomic E-state index is 0.0772. The molecule has 0 amide bonds. The lowest BCUT2D eigenvalue weighted by Crippen LogP contribution is -2.81. The second kappa shape index (κ2) is 8.24. The van der Waals surface area contributed by atoms with Crippen LogP contribution in [-0.2, 0) is 27.9 Å². The molecule has 0 aromatic heterocycles. The van der Waals surface area contributed by atoms with Crippen LogP contribution in [0.4, 0.5) is 0 Å². The maximum Gasteiger partial charge on any atom is 0.165 e. The second-order valence-corrected chi connectivity index (χ2v) is 13.7. The van der Waals surface area contributed by atoms with Crippen molar-refractivity contribution >= 4 is 10.8 Å². The molecule has 3 aromatic carbocycles. The van der Waals surface area contributed by atoms with Crippen molar-refractivity contribution in [3.63, 3.8) is 0 Å². The Labute approximate surface area is 236 Å². The fourth-order valence-corrected chi connectivity index (χ4v) is 10.5. The fraction of sp³-hybridized carbons (Fsp3) is 0.543. The number of aromatic hydroxyl groups is 1. The number of rotatable bonds is 7. The summed E-state index contributed by atoms with van der Waals surface area (Å²) < 4.78 is 20.2. The quantitative estimate of drug-likeness (QED) is 0.402. The van der Waals surface area contributed by atoms with Crippen molar-refractivity contribution in [1.29, 1.82) is 0 Å². The molecule has 2 spiro atoms. The van der Waals surface area contributed by atoms with E-state index in [1.807, 2.05) is 13.2 Å². The summed E-state index contributed by atoms with van der Waals surface area (Å²) in [5, 5.41) is 13.6. The van der Waals surface area contributed by atoms with Gasteiger partial charge in [-0.1, -0.05) is 48.5 Å². The Kier molecular flexibility index (Phi) is 4.95. The van der Waals surface area contributed by atoms with Gasteiger partial charge in [-0.2, -0.15) is 0 Å². The van der Waals surface area contributed by atoms with Crippen molar-refractivity contribution in [2.24, 2.45) is 17.3 Å². The molecular formula is C35H39NO4. The van der Waals surface area contributed by atoms with E-state index in [1.54, 1.807) is 0 Å². The zero-order chi connectivity index (χ0) is 26.7. The van der Waals surface area contributed by atoms with Crippen molar-refractivity contribution < 1.29 is 19.3 Å². The van der Waals surface area contributed by atoms with E-state index in [1.165, 1.54) is 53.3 Å². The van der Waals surface area contributed by atoms with E-state index in [-0.39, 0.29) is 22.9 Å². The molecule has 0 radical (unpaired) electrons. The molecule has 1 saturated heterocycles. The predicted octanol–water partition coefficient (Wildman–Crippen LogP) is 5.99. The van der Waals surface area contributed by atoms with E-state index in [9.17, 15) is 5.11 Å². The molecule has 4 bridgehead atoms. The van der Waals surface area contributed by atoms with Crippen molar-refractivity contribution in [1.82, 2.24) is 4.90 Å². The van der Waals surface area contributed by atoms with E-state index in [0.29, 0.717) is 25.0 Å². The molecule has 5 nitrogen and oxygen atoms in total. The molecule has 6 atom stereocenters. The molecule has 2 unspecified atom stereocenters. The normalized spacial score (nSPS) is 37.0. The van der Waals surface area contributed by atoms with Crippen LogP contribution in [0.25, 0.3) is 10.8 Å². The number of phenols is 1. The highest BCUT2D eigenvalue weighted by atomic mass is 16.6. The van der Waals surface area contributed by atoms with Gasteiger partial charge in [-0.3, -0.25) is 4.90 Å².